The van der Waals surface area contributed by atoms with Crippen molar-refractivity contribution >= 4 is 6.09 Å². The Labute approximate surface area is 224 Å². The predicted molar refractivity (Wildman–Crippen MR) is 150 cm³/mol. The van der Waals surface area contributed by atoms with Crippen LogP contribution >= 0.6 is 0 Å². The Kier molecular flexibility index (Phi) is 9.62. The number of hydrogen-bond donors (Lipinski definition) is 3. The number of pyridine rings is 1. The third kappa shape index (κ3) is 8.26. The van der Waals surface area contributed by atoms with Gasteiger partial charge in [-0.05, 0) is 55.0 Å². The van der Waals surface area contributed by atoms with Gasteiger partial charge in [0.1, 0.15) is 6.61 Å². The Bertz CT molecular complexity index is 1280. The van der Waals surface area contributed by atoms with Gasteiger partial charge in [-0.2, -0.15) is 0 Å². The molecule has 4 N–H and O–H groups in total. The molecule has 0 saturated heterocycles. The first-order valence-electron chi connectivity index (χ1n) is 12.9. The number of carbonyl (C=O) groups excluding carboxylic acids is 1. The third-order valence-corrected chi connectivity index (χ3v) is 6.46. The number of amides is 1. The van der Waals surface area contributed by atoms with Gasteiger partial charge >= 0.3 is 6.09 Å². The zero-order valence-corrected chi connectivity index (χ0v) is 21.7. The highest BCUT2D eigenvalue weighted by atomic mass is 16.5. The smallest absolute Gasteiger partial charge is 0.407 e. The minimum absolute atomic E-state index is 0.154. The van der Waals surface area contributed by atoms with Crippen LogP contribution in [0.25, 0.3) is 11.3 Å². The average molecular weight is 510 g/mol. The highest BCUT2D eigenvalue weighted by Crippen LogP contribution is 2.20. The first kappa shape index (κ1) is 27.0. The molecule has 6 nitrogen and oxygen atoms in total. The molecule has 0 aliphatic heterocycles. The molecule has 6 heteroatoms. The average Bonchev–Trinajstić information content (AvgIpc) is 2.93. The Morgan fingerprint density at radius 1 is 0.842 bits per heavy atom. The molecule has 4 rings (SSSR count). The summed E-state index contributed by atoms with van der Waals surface area (Å²) in [4.78, 5) is 17.3. The van der Waals surface area contributed by atoms with Crippen LogP contribution in [0.1, 0.15) is 28.8 Å². The summed E-state index contributed by atoms with van der Waals surface area (Å²) in [6.45, 7) is 2.12. The maximum atomic E-state index is 12.7. The molecule has 38 heavy (non-hydrogen) atoms. The lowest BCUT2D eigenvalue weighted by molar-refractivity contribution is 0.0922. The number of nitrogens with zero attached hydrogens (tertiary/aromatic N) is 1. The van der Waals surface area contributed by atoms with E-state index in [0.29, 0.717) is 19.3 Å². The van der Waals surface area contributed by atoms with Crippen molar-refractivity contribution in [1.82, 2.24) is 10.3 Å². The molecule has 196 valence electrons. The van der Waals surface area contributed by atoms with Crippen LogP contribution in [-0.4, -0.2) is 34.4 Å². The molecule has 0 aliphatic carbocycles. The van der Waals surface area contributed by atoms with E-state index in [1.54, 1.807) is 0 Å². The number of alkyl carbamates (subject to hydrolysis) is 1. The number of aliphatic hydroxyl groups excluding tert-OH is 1. The van der Waals surface area contributed by atoms with Crippen LogP contribution in [0, 0.1) is 6.92 Å². The molecule has 4 aromatic rings. The van der Waals surface area contributed by atoms with Crippen LogP contribution in [0.15, 0.2) is 103 Å². The Morgan fingerprint density at radius 2 is 1.47 bits per heavy atom. The lowest BCUT2D eigenvalue weighted by Gasteiger charge is -2.26. The Hall–Kier alpha value is -4.00. The molecular formula is C32H35N3O3. The fraction of sp³-hybridized carbons (Fsp3) is 0.250. The van der Waals surface area contributed by atoms with Gasteiger partial charge in [0.05, 0.1) is 17.8 Å². The van der Waals surface area contributed by atoms with E-state index in [0.717, 1.165) is 33.6 Å². The van der Waals surface area contributed by atoms with Crippen molar-refractivity contribution in [3.05, 3.63) is 126 Å². The second-order valence-electron chi connectivity index (χ2n) is 9.63. The fourth-order valence-corrected chi connectivity index (χ4v) is 4.44. The number of aryl methyl sites for hydroxylation is 1. The van der Waals surface area contributed by atoms with E-state index < -0.39 is 18.2 Å². The number of carbonyl (C=O) groups is 1. The van der Waals surface area contributed by atoms with Crippen molar-refractivity contribution in [2.24, 2.45) is 5.73 Å². The first-order chi connectivity index (χ1) is 18.5. The van der Waals surface area contributed by atoms with Gasteiger partial charge in [-0.3, -0.25) is 4.98 Å². The second kappa shape index (κ2) is 13.5. The van der Waals surface area contributed by atoms with Gasteiger partial charge in [0.25, 0.3) is 0 Å². The largest absolute Gasteiger partial charge is 0.445 e. The number of nitrogens with two attached hydrogens (primary N) is 1. The minimum atomic E-state index is -0.851. The molecule has 1 amide bonds. The molecule has 0 fully saturated rings. The van der Waals surface area contributed by atoms with E-state index in [1.807, 2.05) is 110 Å². The van der Waals surface area contributed by atoms with Gasteiger partial charge < -0.3 is 20.9 Å². The lowest BCUT2D eigenvalue weighted by Crippen LogP contribution is -2.47. The van der Waals surface area contributed by atoms with Crippen molar-refractivity contribution in [3.63, 3.8) is 0 Å². The summed E-state index contributed by atoms with van der Waals surface area (Å²) < 4.78 is 5.43. The number of aliphatic hydroxyl groups is 1. The summed E-state index contributed by atoms with van der Waals surface area (Å²) in [6, 6.07) is 32.6. The summed E-state index contributed by atoms with van der Waals surface area (Å²) in [5.41, 5.74) is 12.2. The first-order valence-corrected chi connectivity index (χ1v) is 12.9. The van der Waals surface area contributed by atoms with Gasteiger partial charge in [-0.1, -0.05) is 91.0 Å². The van der Waals surface area contributed by atoms with Crippen LogP contribution < -0.4 is 11.1 Å². The summed E-state index contributed by atoms with van der Waals surface area (Å²) >= 11 is 0. The van der Waals surface area contributed by atoms with E-state index in [-0.39, 0.29) is 12.6 Å². The van der Waals surface area contributed by atoms with Gasteiger partial charge in [0.2, 0.25) is 0 Å². The van der Waals surface area contributed by atoms with Crippen LogP contribution in [0.5, 0.6) is 0 Å². The Morgan fingerprint density at radius 3 is 2.13 bits per heavy atom. The van der Waals surface area contributed by atoms with Gasteiger partial charge in [0, 0.05) is 17.3 Å². The number of benzene rings is 3. The van der Waals surface area contributed by atoms with Crippen LogP contribution in [0.4, 0.5) is 4.79 Å². The number of rotatable bonds is 11. The van der Waals surface area contributed by atoms with Gasteiger partial charge in [0.15, 0.2) is 0 Å². The molecule has 0 aliphatic rings. The highest BCUT2D eigenvalue weighted by molar-refractivity contribution is 5.67. The van der Waals surface area contributed by atoms with Crippen LogP contribution in [0.3, 0.4) is 0 Å². The molecule has 0 spiro atoms. The highest BCUT2D eigenvalue weighted by Gasteiger charge is 2.25. The molecule has 0 saturated carbocycles. The molecule has 0 radical (unpaired) electrons. The zero-order valence-electron chi connectivity index (χ0n) is 21.7. The SMILES string of the molecule is Cc1cccc(-c2ccc(C[C@H](NC(=O)OCc3ccccc3)[C@@H](O)C[C@@H](N)Cc3ccccc3)cc2)n1. The van der Waals surface area contributed by atoms with Crippen molar-refractivity contribution in [1.29, 1.82) is 0 Å². The van der Waals surface area contributed by atoms with Crippen molar-refractivity contribution in [2.45, 2.75) is 51.0 Å². The summed E-state index contributed by atoms with van der Waals surface area (Å²) in [5, 5.41) is 14.0. The molecule has 3 aromatic carbocycles. The van der Waals surface area contributed by atoms with Gasteiger partial charge in [-0.25, -0.2) is 4.79 Å². The van der Waals surface area contributed by atoms with Crippen molar-refractivity contribution in [2.75, 3.05) is 0 Å². The standard InChI is InChI=1S/C32H35N3O3/c1-23-9-8-14-29(34-23)27-17-15-25(16-18-27)20-30(35-32(37)38-22-26-12-6-3-7-13-26)31(36)21-28(33)19-24-10-4-2-5-11-24/h2-18,28,30-31,36H,19-22,33H2,1H3,(H,35,37)/t28-,30-,31-/m0/s1. The predicted octanol–water partition coefficient (Wildman–Crippen LogP) is 5.22. The lowest BCUT2D eigenvalue weighted by atomic mass is 9.94. The van der Waals surface area contributed by atoms with E-state index in [1.165, 1.54) is 0 Å². The van der Waals surface area contributed by atoms with Crippen LogP contribution in [-0.2, 0) is 24.2 Å². The molecule has 3 atom stereocenters. The van der Waals surface area contributed by atoms with Crippen molar-refractivity contribution in [3.8, 4) is 11.3 Å². The number of hydrogen-bond acceptors (Lipinski definition) is 5. The molecular weight excluding hydrogens is 474 g/mol. The normalized spacial score (nSPS) is 13.3. The molecule has 1 heterocycles. The van der Waals surface area contributed by atoms with E-state index in [2.05, 4.69) is 10.3 Å². The van der Waals surface area contributed by atoms with E-state index >= 15 is 0 Å². The number of ether oxygens (including phenoxy) is 1. The van der Waals surface area contributed by atoms with Gasteiger partial charge in [-0.15, -0.1) is 0 Å². The maximum absolute atomic E-state index is 12.7. The summed E-state index contributed by atoms with van der Waals surface area (Å²) in [6.07, 6.45) is -0.0158. The summed E-state index contributed by atoms with van der Waals surface area (Å²) in [7, 11) is 0. The van der Waals surface area contributed by atoms with Crippen molar-refractivity contribution < 1.29 is 14.6 Å². The maximum Gasteiger partial charge on any atom is 0.407 e. The quantitative estimate of drug-likeness (QED) is 0.258. The molecule has 0 bridgehead atoms. The van der Waals surface area contributed by atoms with E-state index in [9.17, 15) is 9.90 Å². The Balaban J connectivity index is 1.43. The minimum Gasteiger partial charge on any atom is -0.445 e. The summed E-state index contributed by atoms with van der Waals surface area (Å²) in [5.74, 6) is 0. The number of aromatic nitrogens is 1. The molecule has 1 aromatic heterocycles. The topological polar surface area (TPSA) is 97.5 Å². The number of nitrogens with one attached hydrogen (secondary N) is 1. The fourth-order valence-electron chi connectivity index (χ4n) is 4.44. The third-order valence-electron chi connectivity index (χ3n) is 6.46. The monoisotopic (exact) mass is 509 g/mol. The zero-order chi connectivity index (χ0) is 26.7. The second-order valence-corrected chi connectivity index (χ2v) is 9.63. The van der Waals surface area contributed by atoms with E-state index in [4.69, 9.17) is 10.5 Å². The molecule has 0 unspecified atom stereocenters. The van der Waals surface area contributed by atoms with Crippen LogP contribution in [0.2, 0.25) is 0 Å².